The molecular weight excluding hydrogens is 483 g/mol. The lowest BCUT2D eigenvalue weighted by Crippen LogP contribution is -2.07. The van der Waals surface area contributed by atoms with E-state index in [1.165, 1.54) is 17.7 Å². The van der Waals surface area contributed by atoms with Crippen molar-refractivity contribution in [1.29, 1.82) is 5.26 Å². The van der Waals surface area contributed by atoms with Crippen LogP contribution in [0.2, 0.25) is 0 Å². The highest BCUT2D eigenvalue weighted by Gasteiger charge is 2.18. The fourth-order valence-corrected chi connectivity index (χ4v) is 5.05. The maximum absolute atomic E-state index is 13.7. The first kappa shape index (κ1) is 27.7. The molecule has 4 aromatic rings. The normalized spacial score (nSPS) is 10.7. The Bertz CT molecular complexity index is 1550. The van der Waals surface area contributed by atoms with E-state index in [2.05, 4.69) is 30.6 Å². The molecule has 3 aromatic carbocycles. The van der Waals surface area contributed by atoms with Gasteiger partial charge in [-0.15, -0.1) is 0 Å². The number of hydrogen-bond donors (Lipinski definition) is 0. The van der Waals surface area contributed by atoms with E-state index in [0.29, 0.717) is 30.4 Å². The first-order valence-electron chi connectivity index (χ1n) is 13.4. The van der Waals surface area contributed by atoms with Crippen LogP contribution in [0, 0.1) is 24.1 Å². The largest absolute Gasteiger partial charge is 0.294 e. The van der Waals surface area contributed by atoms with Gasteiger partial charge in [-0.2, -0.15) is 5.26 Å². The van der Waals surface area contributed by atoms with Gasteiger partial charge in [-0.05, 0) is 114 Å². The molecule has 3 nitrogen and oxygen atoms in total. The number of halogens is 1. The molecule has 1 aromatic heterocycles. The van der Waals surface area contributed by atoms with E-state index in [0.717, 1.165) is 58.3 Å². The molecule has 0 atom stereocenters. The number of Topliss-reactive ketones (excluding diaryl/α,β-unsaturated/α-hetero) is 1. The van der Waals surface area contributed by atoms with Crippen molar-refractivity contribution >= 4 is 11.4 Å². The van der Waals surface area contributed by atoms with Crippen LogP contribution >= 0.6 is 0 Å². The summed E-state index contributed by atoms with van der Waals surface area (Å²) in [5.41, 5.74) is 8.67. The number of benzene rings is 3. The van der Waals surface area contributed by atoms with E-state index >= 15 is 0 Å². The maximum atomic E-state index is 13.7. The molecular formula is C35H33FN2O. The van der Waals surface area contributed by atoms with Gasteiger partial charge in [0.2, 0.25) is 0 Å². The van der Waals surface area contributed by atoms with Gasteiger partial charge in [0.05, 0.1) is 11.6 Å². The molecule has 4 heteroatoms. The molecule has 196 valence electrons. The molecule has 0 radical (unpaired) electrons. The number of nitrogens with zero attached hydrogens (tertiary/aromatic N) is 2. The van der Waals surface area contributed by atoms with Gasteiger partial charge in [-0.25, -0.2) is 4.39 Å². The van der Waals surface area contributed by atoms with Gasteiger partial charge in [0.1, 0.15) is 5.82 Å². The number of carbonyl (C=O) groups is 1. The molecule has 1 heterocycles. The lowest BCUT2D eigenvalue weighted by atomic mass is 9.86. The number of rotatable bonds is 11. The fourth-order valence-electron chi connectivity index (χ4n) is 5.05. The third-order valence-corrected chi connectivity index (χ3v) is 7.16. The Balaban J connectivity index is 1.64. The number of pyridine rings is 1. The zero-order chi connectivity index (χ0) is 27.8. The zero-order valence-corrected chi connectivity index (χ0v) is 22.6. The van der Waals surface area contributed by atoms with Crippen molar-refractivity contribution in [1.82, 2.24) is 4.98 Å². The molecule has 0 N–H and O–H groups in total. The van der Waals surface area contributed by atoms with Crippen molar-refractivity contribution < 1.29 is 9.18 Å². The van der Waals surface area contributed by atoms with Crippen LogP contribution in [0.1, 0.15) is 70.1 Å². The van der Waals surface area contributed by atoms with Crippen LogP contribution in [-0.2, 0) is 19.3 Å². The molecule has 0 saturated heterocycles. The smallest absolute Gasteiger partial charge is 0.163 e. The summed E-state index contributed by atoms with van der Waals surface area (Å²) in [4.78, 5) is 18.1. The first-order valence-corrected chi connectivity index (χ1v) is 13.4. The number of allylic oxidation sites excluding steroid dienone is 1. The lowest BCUT2D eigenvalue weighted by molar-refractivity contribution is 0.0980. The van der Waals surface area contributed by atoms with Gasteiger partial charge in [-0.3, -0.25) is 9.78 Å². The Morgan fingerprint density at radius 1 is 0.949 bits per heavy atom. The molecule has 0 aliphatic heterocycles. The second-order valence-electron chi connectivity index (χ2n) is 9.84. The van der Waals surface area contributed by atoms with E-state index in [-0.39, 0.29) is 11.6 Å². The van der Waals surface area contributed by atoms with Gasteiger partial charge in [-0.1, -0.05) is 49.9 Å². The van der Waals surface area contributed by atoms with Crippen LogP contribution in [0.3, 0.4) is 0 Å². The van der Waals surface area contributed by atoms with Gasteiger partial charge in [0.25, 0.3) is 0 Å². The van der Waals surface area contributed by atoms with Crippen molar-refractivity contribution in [2.24, 2.45) is 0 Å². The highest BCUT2D eigenvalue weighted by atomic mass is 19.1. The van der Waals surface area contributed by atoms with Gasteiger partial charge < -0.3 is 0 Å². The predicted octanol–water partition coefficient (Wildman–Crippen LogP) is 8.48. The van der Waals surface area contributed by atoms with Crippen molar-refractivity contribution in [3.05, 3.63) is 130 Å². The summed E-state index contributed by atoms with van der Waals surface area (Å²) in [5, 5.41) is 9.70. The Labute approximate surface area is 230 Å². The number of nitriles is 1. The second kappa shape index (κ2) is 12.9. The molecule has 0 spiro atoms. The highest BCUT2D eigenvalue weighted by Crippen LogP contribution is 2.34. The zero-order valence-electron chi connectivity index (χ0n) is 22.6. The lowest BCUT2D eigenvalue weighted by Gasteiger charge is -2.17. The molecule has 0 saturated carbocycles. The average Bonchev–Trinajstić information content (AvgIpc) is 2.96. The second-order valence-corrected chi connectivity index (χ2v) is 9.84. The number of hydrogen-bond acceptors (Lipinski definition) is 3. The summed E-state index contributed by atoms with van der Waals surface area (Å²) in [5.74, 6) is -0.193. The van der Waals surface area contributed by atoms with Crippen LogP contribution in [0.25, 0.3) is 16.7 Å². The topological polar surface area (TPSA) is 53.8 Å². The SMILES string of the molecule is C=C(CCc1cccc(F)c1)c1cc(-c2ccccc2C#N)c(C)cc1C(=O)CCCc1cccnc1CC. The Hall–Kier alpha value is -4.36. The Morgan fingerprint density at radius 3 is 2.54 bits per heavy atom. The molecule has 0 unspecified atom stereocenters. The van der Waals surface area contributed by atoms with Crippen molar-refractivity contribution in [2.75, 3.05) is 0 Å². The summed E-state index contributed by atoms with van der Waals surface area (Å²) in [6.45, 7) is 8.41. The van der Waals surface area contributed by atoms with E-state index in [1.54, 1.807) is 12.1 Å². The van der Waals surface area contributed by atoms with Gasteiger partial charge >= 0.3 is 0 Å². The number of aryl methyl sites for hydroxylation is 4. The number of ketones is 1. The number of carbonyl (C=O) groups excluding carboxylic acids is 1. The van der Waals surface area contributed by atoms with Crippen molar-refractivity contribution in [3.8, 4) is 17.2 Å². The number of aromatic nitrogens is 1. The molecule has 0 bridgehead atoms. The minimum absolute atomic E-state index is 0.0714. The summed E-state index contributed by atoms with van der Waals surface area (Å²) in [6.07, 6.45) is 5.81. The quantitative estimate of drug-likeness (QED) is 0.188. The minimum Gasteiger partial charge on any atom is -0.294 e. The van der Waals surface area contributed by atoms with Gasteiger partial charge in [0.15, 0.2) is 5.78 Å². The summed E-state index contributed by atoms with van der Waals surface area (Å²) >= 11 is 0. The Kier molecular flexibility index (Phi) is 9.18. The standard InChI is InChI=1S/C35H33FN2O/c1-4-34-27(13-9-19-38-34)12-8-16-35(39)33-20-25(3)32(30-15-6-5-11-28(30)23-37)22-31(33)24(2)17-18-26-10-7-14-29(36)21-26/h5-7,9-11,13-15,19-22H,2,4,8,12,16-18H2,1,3H3. The van der Waals surface area contributed by atoms with E-state index in [9.17, 15) is 14.4 Å². The molecule has 0 amide bonds. The monoisotopic (exact) mass is 516 g/mol. The van der Waals surface area contributed by atoms with E-state index < -0.39 is 0 Å². The summed E-state index contributed by atoms with van der Waals surface area (Å²) in [7, 11) is 0. The summed E-state index contributed by atoms with van der Waals surface area (Å²) < 4.78 is 13.7. The highest BCUT2D eigenvalue weighted by molar-refractivity contribution is 6.02. The molecule has 0 aliphatic rings. The third kappa shape index (κ3) is 6.75. The molecule has 0 aliphatic carbocycles. The third-order valence-electron chi connectivity index (χ3n) is 7.16. The van der Waals surface area contributed by atoms with Crippen molar-refractivity contribution in [2.45, 2.75) is 52.4 Å². The minimum atomic E-state index is -0.264. The first-order chi connectivity index (χ1) is 18.9. The van der Waals surface area contributed by atoms with E-state index in [4.69, 9.17) is 0 Å². The maximum Gasteiger partial charge on any atom is 0.163 e. The van der Waals surface area contributed by atoms with Crippen LogP contribution in [0.15, 0.2) is 85.6 Å². The fraction of sp³-hybridized carbons (Fsp3) is 0.229. The Morgan fingerprint density at radius 2 is 1.77 bits per heavy atom. The molecule has 0 fully saturated rings. The average molecular weight is 517 g/mol. The summed E-state index contributed by atoms with van der Waals surface area (Å²) in [6, 6.07) is 24.3. The molecule has 39 heavy (non-hydrogen) atoms. The molecule has 4 rings (SSSR count). The van der Waals surface area contributed by atoms with Crippen LogP contribution < -0.4 is 0 Å². The van der Waals surface area contributed by atoms with Crippen LogP contribution in [0.5, 0.6) is 0 Å². The predicted molar refractivity (Wildman–Crippen MR) is 156 cm³/mol. The van der Waals surface area contributed by atoms with Crippen LogP contribution in [0.4, 0.5) is 4.39 Å². The van der Waals surface area contributed by atoms with Crippen LogP contribution in [-0.4, -0.2) is 10.8 Å². The van der Waals surface area contributed by atoms with Crippen molar-refractivity contribution in [3.63, 3.8) is 0 Å². The van der Waals surface area contributed by atoms with Gasteiger partial charge in [0, 0.05) is 23.9 Å². The van der Waals surface area contributed by atoms with E-state index in [1.807, 2.05) is 55.6 Å².